The van der Waals surface area contributed by atoms with Crippen molar-refractivity contribution in [1.29, 1.82) is 0 Å². The summed E-state index contributed by atoms with van der Waals surface area (Å²) in [4.78, 5) is 8.43. The molecule has 2 aromatic heterocycles. The number of pyridine rings is 1. The summed E-state index contributed by atoms with van der Waals surface area (Å²) < 4.78 is 2.11. The van der Waals surface area contributed by atoms with Gasteiger partial charge in [-0.05, 0) is 18.4 Å². The van der Waals surface area contributed by atoms with Crippen molar-refractivity contribution in [2.45, 2.75) is 6.54 Å². The van der Waals surface area contributed by atoms with Crippen molar-refractivity contribution in [1.82, 2.24) is 14.5 Å². The van der Waals surface area contributed by atoms with Crippen LogP contribution in [0.25, 0.3) is 11.3 Å². The van der Waals surface area contributed by atoms with Gasteiger partial charge in [-0.2, -0.15) is 11.8 Å². The topological polar surface area (TPSA) is 30.7 Å². The molecule has 0 aliphatic rings. The van der Waals surface area contributed by atoms with Gasteiger partial charge < -0.3 is 4.57 Å². The lowest BCUT2D eigenvalue weighted by Gasteiger charge is -1.98. The molecule has 0 radical (unpaired) electrons. The number of aromatic nitrogens is 3. The minimum atomic E-state index is 0.990. The summed E-state index contributed by atoms with van der Waals surface area (Å²) in [5.41, 5.74) is 2.06. The molecule has 0 fully saturated rings. The van der Waals surface area contributed by atoms with Crippen LogP contribution in [0.3, 0.4) is 0 Å². The van der Waals surface area contributed by atoms with Crippen LogP contribution in [0.5, 0.6) is 0 Å². The third kappa shape index (κ3) is 2.59. The van der Waals surface area contributed by atoms with Gasteiger partial charge in [0.15, 0.2) is 0 Å². The molecule has 0 aliphatic heterocycles. The van der Waals surface area contributed by atoms with E-state index >= 15 is 0 Å². The SMILES string of the molecule is CSCCn1cnc(-c2cccnc2)c1. The minimum absolute atomic E-state index is 0.990. The molecule has 15 heavy (non-hydrogen) atoms. The molecule has 2 aromatic rings. The fraction of sp³-hybridized carbons (Fsp3) is 0.273. The molecule has 2 rings (SSSR count). The fourth-order valence-electron chi connectivity index (χ4n) is 1.34. The van der Waals surface area contributed by atoms with E-state index in [9.17, 15) is 0 Å². The van der Waals surface area contributed by atoms with Crippen molar-refractivity contribution in [3.63, 3.8) is 0 Å². The first kappa shape index (κ1) is 10.2. The molecule has 0 saturated carbocycles. The standard InChI is InChI=1S/C11H13N3S/c1-15-6-5-14-8-11(13-9-14)10-3-2-4-12-7-10/h2-4,7-9H,5-6H2,1H3. The predicted molar refractivity (Wildman–Crippen MR) is 63.8 cm³/mol. The van der Waals surface area contributed by atoms with Crippen LogP contribution in [0.1, 0.15) is 0 Å². The molecule has 0 bridgehead atoms. The van der Waals surface area contributed by atoms with E-state index in [1.54, 1.807) is 6.20 Å². The highest BCUT2D eigenvalue weighted by Gasteiger charge is 2.00. The lowest BCUT2D eigenvalue weighted by atomic mass is 10.2. The Morgan fingerprint density at radius 2 is 2.40 bits per heavy atom. The predicted octanol–water partition coefficient (Wildman–Crippen LogP) is 2.31. The van der Waals surface area contributed by atoms with Gasteiger partial charge in [0.05, 0.1) is 12.0 Å². The lowest BCUT2D eigenvalue weighted by Crippen LogP contribution is -1.95. The van der Waals surface area contributed by atoms with E-state index in [0.29, 0.717) is 0 Å². The third-order valence-corrected chi connectivity index (χ3v) is 2.73. The van der Waals surface area contributed by atoms with E-state index in [-0.39, 0.29) is 0 Å². The smallest absolute Gasteiger partial charge is 0.0954 e. The van der Waals surface area contributed by atoms with Crippen LogP contribution in [0.4, 0.5) is 0 Å². The van der Waals surface area contributed by atoms with Crippen molar-refractivity contribution in [2.24, 2.45) is 0 Å². The molecule has 3 nitrogen and oxygen atoms in total. The monoisotopic (exact) mass is 219 g/mol. The summed E-state index contributed by atoms with van der Waals surface area (Å²) in [6, 6.07) is 3.95. The first-order valence-electron chi connectivity index (χ1n) is 4.81. The zero-order valence-electron chi connectivity index (χ0n) is 8.63. The zero-order chi connectivity index (χ0) is 10.5. The van der Waals surface area contributed by atoms with Crippen molar-refractivity contribution in [3.8, 4) is 11.3 Å². The van der Waals surface area contributed by atoms with Gasteiger partial charge in [-0.1, -0.05) is 0 Å². The van der Waals surface area contributed by atoms with Crippen LogP contribution in [0.2, 0.25) is 0 Å². The van der Waals surface area contributed by atoms with Crippen molar-refractivity contribution in [3.05, 3.63) is 37.1 Å². The molecule has 4 heteroatoms. The Kier molecular flexibility index (Phi) is 3.40. The Morgan fingerprint density at radius 3 is 3.13 bits per heavy atom. The molecule has 0 saturated heterocycles. The first-order chi connectivity index (χ1) is 7.40. The average Bonchev–Trinajstić information content (AvgIpc) is 2.76. The van der Waals surface area contributed by atoms with Gasteiger partial charge in [0.2, 0.25) is 0 Å². The second-order valence-electron chi connectivity index (χ2n) is 3.23. The Morgan fingerprint density at radius 1 is 1.47 bits per heavy atom. The summed E-state index contributed by atoms with van der Waals surface area (Å²) in [6.45, 7) is 1.01. The van der Waals surface area contributed by atoms with E-state index in [2.05, 4.69) is 27.0 Å². The Hall–Kier alpha value is -1.29. The van der Waals surface area contributed by atoms with Crippen molar-refractivity contribution in [2.75, 3.05) is 12.0 Å². The summed E-state index contributed by atoms with van der Waals surface area (Å²) in [7, 11) is 0. The lowest BCUT2D eigenvalue weighted by molar-refractivity contribution is 0.771. The summed E-state index contributed by atoms with van der Waals surface area (Å²) in [5.74, 6) is 1.11. The van der Waals surface area contributed by atoms with Crippen LogP contribution in [-0.2, 0) is 6.54 Å². The maximum absolute atomic E-state index is 4.35. The molecule has 2 heterocycles. The maximum atomic E-state index is 4.35. The number of hydrogen-bond donors (Lipinski definition) is 0. The van der Waals surface area contributed by atoms with Gasteiger partial charge in [-0.25, -0.2) is 4.98 Å². The van der Waals surface area contributed by atoms with Crippen molar-refractivity contribution < 1.29 is 0 Å². The van der Waals surface area contributed by atoms with Gasteiger partial charge in [0.1, 0.15) is 0 Å². The second-order valence-corrected chi connectivity index (χ2v) is 4.22. The Labute approximate surface area is 93.6 Å². The largest absolute Gasteiger partial charge is 0.336 e. The second kappa shape index (κ2) is 4.98. The van der Waals surface area contributed by atoms with Gasteiger partial charge in [-0.3, -0.25) is 4.98 Å². The zero-order valence-corrected chi connectivity index (χ0v) is 9.44. The molecule has 0 spiro atoms. The molecule has 0 amide bonds. The number of rotatable bonds is 4. The number of imidazole rings is 1. The van der Waals surface area contributed by atoms with Crippen molar-refractivity contribution >= 4 is 11.8 Å². The molecule has 0 aromatic carbocycles. The van der Waals surface area contributed by atoms with E-state index < -0.39 is 0 Å². The Bertz CT molecular complexity index is 411. The summed E-state index contributed by atoms with van der Waals surface area (Å²) in [5, 5.41) is 0. The fourth-order valence-corrected chi connectivity index (χ4v) is 1.74. The van der Waals surface area contributed by atoms with Gasteiger partial charge in [0, 0.05) is 36.5 Å². The molecule has 0 N–H and O–H groups in total. The van der Waals surface area contributed by atoms with E-state index in [1.807, 2.05) is 36.4 Å². The van der Waals surface area contributed by atoms with E-state index in [0.717, 1.165) is 23.6 Å². The highest BCUT2D eigenvalue weighted by atomic mass is 32.2. The van der Waals surface area contributed by atoms with Crippen LogP contribution in [0, 0.1) is 0 Å². The number of thioether (sulfide) groups is 1. The first-order valence-corrected chi connectivity index (χ1v) is 6.20. The summed E-state index contributed by atoms with van der Waals surface area (Å²) >= 11 is 1.84. The number of nitrogens with zero attached hydrogens (tertiary/aromatic N) is 3. The minimum Gasteiger partial charge on any atom is -0.336 e. The number of hydrogen-bond acceptors (Lipinski definition) is 3. The van der Waals surface area contributed by atoms with Crippen LogP contribution in [0.15, 0.2) is 37.1 Å². The molecule has 0 atom stereocenters. The Balaban J connectivity index is 2.14. The number of aryl methyl sites for hydroxylation is 1. The van der Waals surface area contributed by atoms with Crippen LogP contribution >= 0.6 is 11.8 Å². The molecular formula is C11H13N3S. The quantitative estimate of drug-likeness (QED) is 0.790. The summed E-state index contributed by atoms with van der Waals surface area (Å²) in [6.07, 6.45) is 9.65. The molecule has 78 valence electrons. The van der Waals surface area contributed by atoms with E-state index in [4.69, 9.17) is 0 Å². The van der Waals surface area contributed by atoms with Gasteiger partial charge in [-0.15, -0.1) is 0 Å². The van der Waals surface area contributed by atoms with Crippen LogP contribution < -0.4 is 0 Å². The normalized spacial score (nSPS) is 10.5. The molecule has 0 aliphatic carbocycles. The molecular weight excluding hydrogens is 206 g/mol. The van der Waals surface area contributed by atoms with Gasteiger partial charge in [0.25, 0.3) is 0 Å². The highest BCUT2D eigenvalue weighted by molar-refractivity contribution is 7.98. The van der Waals surface area contributed by atoms with Gasteiger partial charge >= 0.3 is 0 Å². The van der Waals surface area contributed by atoms with E-state index in [1.165, 1.54) is 0 Å². The average molecular weight is 219 g/mol. The highest BCUT2D eigenvalue weighted by Crippen LogP contribution is 2.14. The van der Waals surface area contributed by atoms with Crippen LogP contribution in [-0.4, -0.2) is 26.5 Å². The molecule has 0 unspecified atom stereocenters. The third-order valence-electron chi connectivity index (χ3n) is 2.14. The maximum Gasteiger partial charge on any atom is 0.0954 e.